The van der Waals surface area contributed by atoms with Crippen molar-refractivity contribution in [2.75, 3.05) is 5.75 Å². The Morgan fingerprint density at radius 1 is 1.28 bits per heavy atom. The summed E-state index contributed by atoms with van der Waals surface area (Å²) < 4.78 is 26.3. The molecule has 1 aromatic heterocycles. The second kappa shape index (κ2) is 8.30. The summed E-state index contributed by atoms with van der Waals surface area (Å²) in [7, 11) is -3.91. The number of nitrogens with zero attached hydrogens (tertiary/aromatic N) is 1. The molecule has 9 heteroatoms. The van der Waals surface area contributed by atoms with Crippen LogP contribution in [-0.4, -0.2) is 30.0 Å². The number of benzene rings is 1. The molecule has 0 radical (unpaired) electrons. The zero-order valence-corrected chi connectivity index (χ0v) is 15.5. The monoisotopic (exact) mass is 381 g/mol. The minimum atomic E-state index is -3.91. The van der Waals surface area contributed by atoms with Gasteiger partial charge >= 0.3 is 0 Å². The van der Waals surface area contributed by atoms with Crippen molar-refractivity contribution in [1.29, 1.82) is 0 Å². The van der Waals surface area contributed by atoms with Gasteiger partial charge in [-0.1, -0.05) is 42.8 Å². The molecule has 0 bridgehead atoms. The van der Waals surface area contributed by atoms with Crippen molar-refractivity contribution in [3.05, 3.63) is 51.9 Å². The quantitative estimate of drug-likeness (QED) is 0.557. The van der Waals surface area contributed by atoms with Crippen molar-refractivity contribution in [1.82, 2.24) is 14.7 Å². The summed E-state index contributed by atoms with van der Waals surface area (Å²) in [5.41, 5.74) is 1.26. The van der Waals surface area contributed by atoms with E-state index in [4.69, 9.17) is 0 Å². The first-order chi connectivity index (χ1) is 11.8. The maximum Gasteiger partial charge on any atom is 0.264 e. The average Bonchev–Trinajstić information content (AvgIpc) is 2.53. The van der Waals surface area contributed by atoms with Crippen LogP contribution in [0.4, 0.5) is 0 Å². The lowest BCUT2D eigenvalue weighted by molar-refractivity contribution is -0.116. The first kappa shape index (κ1) is 19.2. The van der Waals surface area contributed by atoms with Crippen LogP contribution in [0.15, 0.2) is 45.2 Å². The van der Waals surface area contributed by atoms with Crippen LogP contribution in [0.1, 0.15) is 24.6 Å². The third-order valence-corrected chi connectivity index (χ3v) is 5.46. The molecule has 2 rings (SSSR count). The average molecular weight is 381 g/mol. The maximum atomic E-state index is 12.1. The molecule has 0 fully saturated rings. The second-order valence-electron chi connectivity index (χ2n) is 5.42. The van der Waals surface area contributed by atoms with Gasteiger partial charge in [-0.3, -0.25) is 9.59 Å². The van der Waals surface area contributed by atoms with E-state index >= 15 is 0 Å². The SMILES string of the molecule is CCCc1cc(=O)[nH]c(SCC(=O)NS(=O)(=O)c2ccc(C)cc2)n1. The number of H-pyrrole nitrogens is 1. The molecule has 1 amide bonds. The van der Waals surface area contributed by atoms with Gasteiger partial charge in [0.05, 0.1) is 10.6 Å². The third-order valence-electron chi connectivity index (χ3n) is 3.20. The van der Waals surface area contributed by atoms with Gasteiger partial charge < -0.3 is 4.98 Å². The molecule has 0 aliphatic rings. The molecule has 0 unspecified atom stereocenters. The van der Waals surface area contributed by atoms with Crippen LogP contribution in [-0.2, 0) is 21.2 Å². The Labute approximate surface area is 150 Å². The standard InChI is InChI=1S/C16H19N3O4S2/c1-3-4-12-9-14(20)18-16(17-12)24-10-15(21)19-25(22,23)13-7-5-11(2)6-8-13/h5-9H,3-4,10H2,1-2H3,(H,19,21)(H,17,18,20). The van der Waals surface area contributed by atoms with Gasteiger partial charge in [-0.2, -0.15) is 0 Å². The number of sulfonamides is 1. The van der Waals surface area contributed by atoms with Crippen LogP contribution in [0.25, 0.3) is 0 Å². The van der Waals surface area contributed by atoms with E-state index in [9.17, 15) is 18.0 Å². The molecule has 0 aliphatic heterocycles. The summed E-state index contributed by atoms with van der Waals surface area (Å²) in [6.07, 6.45) is 1.50. The molecule has 0 spiro atoms. The van der Waals surface area contributed by atoms with Crippen molar-refractivity contribution in [2.45, 2.75) is 36.7 Å². The van der Waals surface area contributed by atoms with Crippen molar-refractivity contribution in [3.8, 4) is 0 Å². The Kier molecular flexibility index (Phi) is 6.38. The summed E-state index contributed by atoms with van der Waals surface area (Å²) in [6.45, 7) is 3.81. The second-order valence-corrected chi connectivity index (χ2v) is 8.07. The molecular weight excluding hydrogens is 362 g/mol. The fraction of sp³-hybridized carbons (Fsp3) is 0.312. The molecule has 2 aromatic rings. The van der Waals surface area contributed by atoms with Crippen LogP contribution in [0.3, 0.4) is 0 Å². The van der Waals surface area contributed by atoms with Gasteiger partial charge in [0, 0.05) is 11.8 Å². The number of aromatic nitrogens is 2. The molecule has 0 atom stereocenters. The van der Waals surface area contributed by atoms with Gasteiger partial charge in [-0.25, -0.2) is 18.1 Å². The Bertz CT molecular complexity index is 906. The molecule has 1 aromatic carbocycles. The third kappa shape index (κ3) is 5.71. The fourth-order valence-electron chi connectivity index (χ4n) is 2.03. The number of nitrogens with one attached hydrogen (secondary N) is 2. The number of aromatic amines is 1. The van der Waals surface area contributed by atoms with Crippen molar-refractivity contribution >= 4 is 27.7 Å². The molecule has 134 valence electrons. The summed E-state index contributed by atoms with van der Waals surface area (Å²) in [4.78, 5) is 30.3. The van der Waals surface area contributed by atoms with Crippen LogP contribution in [0.2, 0.25) is 0 Å². The largest absolute Gasteiger partial charge is 0.301 e. The lowest BCUT2D eigenvalue weighted by Gasteiger charge is -2.07. The number of carbonyl (C=O) groups is 1. The lowest BCUT2D eigenvalue weighted by Crippen LogP contribution is -2.32. The van der Waals surface area contributed by atoms with E-state index < -0.39 is 15.9 Å². The molecular formula is C16H19N3O4S2. The predicted molar refractivity (Wildman–Crippen MR) is 96.1 cm³/mol. The maximum absolute atomic E-state index is 12.1. The van der Waals surface area contributed by atoms with E-state index in [0.717, 1.165) is 23.7 Å². The van der Waals surface area contributed by atoms with E-state index in [1.165, 1.54) is 18.2 Å². The first-order valence-electron chi connectivity index (χ1n) is 7.65. The van der Waals surface area contributed by atoms with Crippen LogP contribution < -0.4 is 10.3 Å². The predicted octanol–water partition coefficient (Wildman–Crippen LogP) is 1.63. The topological polar surface area (TPSA) is 109 Å². The molecule has 7 nitrogen and oxygen atoms in total. The zero-order chi connectivity index (χ0) is 18.4. The van der Waals surface area contributed by atoms with E-state index in [0.29, 0.717) is 17.3 Å². The molecule has 0 saturated heterocycles. The van der Waals surface area contributed by atoms with E-state index in [1.807, 2.05) is 18.6 Å². The number of amides is 1. The highest BCUT2D eigenvalue weighted by Crippen LogP contribution is 2.13. The van der Waals surface area contributed by atoms with Gasteiger partial charge in [0.15, 0.2) is 5.16 Å². The number of rotatable bonds is 7. The number of hydrogen-bond donors (Lipinski definition) is 2. The summed E-state index contributed by atoms with van der Waals surface area (Å²) in [5.74, 6) is -0.863. The van der Waals surface area contributed by atoms with Crippen molar-refractivity contribution in [3.63, 3.8) is 0 Å². The van der Waals surface area contributed by atoms with Crippen molar-refractivity contribution in [2.24, 2.45) is 0 Å². The number of thioether (sulfide) groups is 1. The molecule has 0 aliphatic carbocycles. The minimum Gasteiger partial charge on any atom is -0.301 e. The van der Waals surface area contributed by atoms with E-state index in [-0.39, 0.29) is 16.2 Å². The van der Waals surface area contributed by atoms with E-state index in [2.05, 4.69) is 9.97 Å². The van der Waals surface area contributed by atoms with Crippen LogP contribution in [0, 0.1) is 6.92 Å². The zero-order valence-electron chi connectivity index (χ0n) is 13.9. The van der Waals surface area contributed by atoms with E-state index in [1.54, 1.807) is 12.1 Å². The highest BCUT2D eigenvalue weighted by atomic mass is 32.2. The molecule has 0 saturated carbocycles. The minimum absolute atomic E-state index is 0.0212. The number of hydrogen-bond acceptors (Lipinski definition) is 6. The molecule has 25 heavy (non-hydrogen) atoms. The van der Waals surface area contributed by atoms with Crippen LogP contribution in [0.5, 0.6) is 0 Å². The Morgan fingerprint density at radius 3 is 2.60 bits per heavy atom. The molecule has 2 N–H and O–H groups in total. The van der Waals surface area contributed by atoms with Gasteiger partial charge in [-0.15, -0.1) is 0 Å². The Balaban J connectivity index is 2.01. The van der Waals surface area contributed by atoms with Crippen LogP contribution >= 0.6 is 11.8 Å². The highest BCUT2D eigenvalue weighted by Gasteiger charge is 2.17. The highest BCUT2D eigenvalue weighted by molar-refractivity contribution is 8.00. The summed E-state index contributed by atoms with van der Waals surface area (Å²) >= 11 is 0.978. The summed E-state index contributed by atoms with van der Waals surface area (Å²) in [5, 5.41) is 0.291. The lowest BCUT2D eigenvalue weighted by atomic mass is 10.2. The Morgan fingerprint density at radius 2 is 1.96 bits per heavy atom. The smallest absolute Gasteiger partial charge is 0.264 e. The van der Waals surface area contributed by atoms with Crippen molar-refractivity contribution < 1.29 is 13.2 Å². The Hall–Kier alpha value is -2.13. The van der Waals surface area contributed by atoms with Gasteiger partial charge in [0.2, 0.25) is 5.91 Å². The number of carbonyl (C=O) groups excluding carboxylic acids is 1. The molecule has 1 heterocycles. The summed E-state index contributed by atoms with van der Waals surface area (Å²) in [6, 6.07) is 7.59. The first-order valence-corrected chi connectivity index (χ1v) is 10.1. The van der Waals surface area contributed by atoms with Gasteiger partial charge in [0.25, 0.3) is 15.6 Å². The normalized spacial score (nSPS) is 11.3. The van der Waals surface area contributed by atoms with Gasteiger partial charge in [0.1, 0.15) is 0 Å². The van der Waals surface area contributed by atoms with Gasteiger partial charge in [-0.05, 0) is 25.5 Å². The fourth-order valence-corrected chi connectivity index (χ4v) is 3.80. The number of aryl methyl sites for hydroxylation is 2.